The lowest BCUT2D eigenvalue weighted by Gasteiger charge is -2.41. The fourth-order valence-corrected chi connectivity index (χ4v) is 3.06. The first-order valence-corrected chi connectivity index (χ1v) is 7.87. The maximum atomic E-state index is 11.2. The number of hydrogen-bond acceptors (Lipinski definition) is 5. The van der Waals surface area contributed by atoms with Gasteiger partial charge in [0.05, 0.1) is 17.2 Å². The highest BCUT2D eigenvalue weighted by Crippen LogP contribution is 2.26. The van der Waals surface area contributed by atoms with Gasteiger partial charge in [-0.15, -0.1) is 0 Å². The second-order valence-electron chi connectivity index (χ2n) is 5.43. The van der Waals surface area contributed by atoms with Crippen molar-refractivity contribution in [3.8, 4) is 0 Å². The standard InChI is InChI=1S/C15H23ClN4O2/c1-3-12-10-20(5-4-19(12)6-7-22-2)15-13(16)8-11(9-18-15)14(17)21/h8-9,12H,3-7,10H2,1-2H3,(H2,17,21). The summed E-state index contributed by atoms with van der Waals surface area (Å²) in [5, 5.41) is 0.469. The van der Waals surface area contributed by atoms with Crippen LogP contribution in [0.5, 0.6) is 0 Å². The number of halogens is 1. The zero-order valence-electron chi connectivity index (χ0n) is 13.1. The number of anilines is 1. The highest BCUT2D eigenvalue weighted by Gasteiger charge is 2.27. The van der Waals surface area contributed by atoms with Crippen molar-refractivity contribution < 1.29 is 9.53 Å². The minimum atomic E-state index is -0.517. The van der Waals surface area contributed by atoms with Crippen molar-refractivity contribution in [1.82, 2.24) is 9.88 Å². The minimum Gasteiger partial charge on any atom is -0.383 e. The number of ether oxygens (including phenoxy) is 1. The SMILES string of the molecule is CCC1CN(c2ncc(C(N)=O)cc2Cl)CCN1CCOC. The van der Waals surface area contributed by atoms with Gasteiger partial charge in [0, 0.05) is 45.5 Å². The Morgan fingerprint density at radius 2 is 2.32 bits per heavy atom. The third-order valence-electron chi connectivity index (χ3n) is 4.06. The first kappa shape index (κ1) is 17.0. The van der Waals surface area contributed by atoms with E-state index in [1.807, 2.05) is 0 Å². The Morgan fingerprint density at radius 3 is 2.91 bits per heavy atom. The van der Waals surface area contributed by atoms with Crippen LogP contribution in [0.15, 0.2) is 12.3 Å². The number of piperazine rings is 1. The summed E-state index contributed by atoms with van der Waals surface area (Å²) in [4.78, 5) is 20.1. The summed E-state index contributed by atoms with van der Waals surface area (Å²) in [5.74, 6) is 0.202. The van der Waals surface area contributed by atoms with Gasteiger partial charge in [-0.3, -0.25) is 9.69 Å². The van der Waals surface area contributed by atoms with Crippen molar-refractivity contribution in [3.05, 3.63) is 22.8 Å². The topological polar surface area (TPSA) is 71.7 Å². The smallest absolute Gasteiger partial charge is 0.250 e. The minimum absolute atomic E-state index is 0.333. The number of nitrogens with two attached hydrogens (primary N) is 1. The molecule has 122 valence electrons. The van der Waals surface area contributed by atoms with Crippen molar-refractivity contribution in [2.75, 3.05) is 44.8 Å². The molecule has 1 atom stereocenters. The van der Waals surface area contributed by atoms with Crippen molar-refractivity contribution in [2.45, 2.75) is 19.4 Å². The summed E-state index contributed by atoms with van der Waals surface area (Å²) >= 11 is 6.27. The van der Waals surface area contributed by atoms with Gasteiger partial charge in [0.15, 0.2) is 0 Å². The van der Waals surface area contributed by atoms with Crippen molar-refractivity contribution >= 4 is 23.3 Å². The first-order chi connectivity index (χ1) is 10.6. The molecule has 1 fully saturated rings. The molecule has 0 aromatic carbocycles. The molecular weight excluding hydrogens is 304 g/mol. The number of pyridine rings is 1. The molecule has 0 spiro atoms. The van der Waals surface area contributed by atoms with E-state index in [9.17, 15) is 4.79 Å². The van der Waals surface area contributed by atoms with E-state index >= 15 is 0 Å². The predicted octanol–water partition coefficient (Wildman–Crippen LogP) is 1.38. The van der Waals surface area contributed by atoms with E-state index < -0.39 is 5.91 Å². The molecule has 1 saturated heterocycles. The maximum absolute atomic E-state index is 11.2. The summed E-state index contributed by atoms with van der Waals surface area (Å²) < 4.78 is 5.17. The van der Waals surface area contributed by atoms with Crippen LogP contribution in [-0.4, -0.2) is 61.7 Å². The number of nitrogens with zero attached hydrogens (tertiary/aromatic N) is 3. The number of primary amides is 1. The molecule has 2 heterocycles. The van der Waals surface area contributed by atoms with E-state index in [0.717, 1.165) is 45.0 Å². The Kier molecular flexibility index (Phi) is 5.99. The van der Waals surface area contributed by atoms with Gasteiger partial charge in [0.25, 0.3) is 0 Å². The molecule has 1 aromatic rings. The van der Waals surface area contributed by atoms with Gasteiger partial charge in [0.1, 0.15) is 5.82 Å². The first-order valence-electron chi connectivity index (χ1n) is 7.50. The predicted molar refractivity (Wildman–Crippen MR) is 87.5 cm³/mol. The second kappa shape index (κ2) is 7.76. The molecule has 7 heteroatoms. The summed E-state index contributed by atoms with van der Waals surface area (Å²) in [6.07, 6.45) is 2.54. The van der Waals surface area contributed by atoms with E-state index in [-0.39, 0.29) is 0 Å². The van der Waals surface area contributed by atoms with E-state index in [2.05, 4.69) is 21.7 Å². The fraction of sp³-hybridized carbons (Fsp3) is 0.600. The number of hydrogen-bond donors (Lipinski definition) is 1. The van der Waals surface area contributed by atoms with E-state index in [0.29, 0.717) is 16.6 Å². The van der Waals surface area contributed by atoms with Gasteiger partial charge in [-0.1, -0.05) is 18.5 Å². The molecule has 6 nitrogen and oxygen atoms in total. The summed E-state index contributed by atoms with van der Waals surface area (Å²) in [6, 6.07) is 2.03. The van der Waals surface area contributed by atoms with Crippen LogP contribution in [0.3, 0.4) is 0 Å². The van der Waals surface area contributed by atoms with E-state index in [4.69, 9.17) is 22.1 Å². The molecule has 1 unspecified atom stereocenters. The van der Waals surface area contributed by atoms with Crippen LogP contribution in [0.4, 0.5) is 5.82 Å². The van der Waals surface area contributed by atoms with Gasteiger partial charge >= 0.3 is 0 Å². The third-order valence-corrected chi connectivity index (χ3v) is 4.34. The summed E-state index contributed by atoms with van der Waals surface area (Å²) in [7, 11) is 1.72. The molecule has 2 rings (SSSR count). The quantitative estimate of drug-likeness (QED) is 0.855. The lowest BCUT2D eigenvalue weighted by Crippen LogP contribution is -2.54. The van der Waals surface area contributed by atoms with Crippen molar-refractivity contribution in [2.24, 2.45) is 5.73 Å². The van der Waals surface area contributed by atoms with E-state index in [1.165, 1.54) is 6.20 Å². The second-order valence-corrected chi connectivity index (χ2v) is 5.84. The number of amides is 1. The van der Waals surface area contributed by atoms with Crippen molar-refractivity contribution in [1.29, 1.82) is 0 Å². The largest absolute Gasteiger partial charge is 0.383 e. The van der Waals surface area contributed by atoms with Gasteiger partial charge < -0.3 is 15.4 Å². The summed E-state index contributed by atoms with van der Waals surface area (Å²) in [5.41, 5.74) is 5.58. The van der Waals surface area contributed by atoms with Gasteiger partial charge in [-0.2, -0.15) is 0 Å². The van der Waals surface area contributed by atoms with Crippen LogP contribution in [0.2, 0.25) is 5.02 Å². The average Bonchev–Trinajstić information content (AvgIpc) is 2.52. The van der Waals surface area contributed by atoms with Crippen LogP contribution in [-0.2, 0) is 4.74 Å². The molecule has 22 heavy (non-hydrogen) atoms. The molecule has 1 aromatic heterocycles. The van der Waals surface area contributed by atoms with Crippen LogP contribution in [0.25, 0.3) is 0 Å². The monoisotopic (exact) mass is 326 g/mol. The van der Waals surface area contributed by atoms with Gasteiger partial charge in [0.2, 0.25) is 5.91 Å². The zero-order chi connectivity index (χ0) is 16.1. The zero-order valence-corrected chi connectivity index (χ0v) is 13.8. The molecular formula is C15H23ClN4O2. The normalized spacial score (nSPS) is 19.4. The Balaban J connectivity index is 2.09. The lowest BCUT2D eigenvalue weighted by molar-refractivity contribution is 0.1000. The molecule has 0 radical (unpaired) electrons. The Bertz CT molecular complexity index is 526. The highest BCUT2D eigenvalue weighted by molar-refractivity contribution is 6.33. The Morgan fingerprint density at radius 1 is 1.55 bits per heavy atom. The molecule has 0 saturated carbocycles. The van der Waals surface area contributed by atoms with Crippen LogP contribution in [0, 0.1) is 0 Å². The van der Waals surface area contributed by atoms with Gasteiger partial charge in [-0.05, 0) is 12.5 Å². The molecule has 1 aliphatic heterocycles. The Hall–Kier alpha value is -1.37. The number of methoxy groups -OCH3 is 1. The maximum Gasteiger partial charge on any atom is 0.250 e. The summed E-state index contributed by atoms with van der Waals surface area (Å²) in [6.45, 7) is 6.51. The third kappa shape index (κ3) is 3.88. The number of carbonyl (C=O) groups excluding carboxylic acids is 1. The van der Waals surface area contributed by atoms with Gasteiger partial charge in [-0.25, -0.2) is 4.98 Å². The van der Waals surface area contributed by atoms with Crippen LogP contribution in [0.1, 0.15) is 23.7 Å². The average molecular weight is 327 g/mol. The lowest BCUT2D eigenvalue weighted by atomic mass is 10.1. The van der Waals surface area contributed by atoms with E-state index in [1.54, 1.807) is 13.2 Å². The van der Waals surface area contributed by atoms with Crippen LogP contribution >= 0.6 is 11.6 Å². The number of aromatic nitrogens is 1. The molecule has 1 amide bonds. The highest BCUT2D eigenvalue weighted by atomic mass is 35.5. The Labute approximate surface area is 136 Å². The molecule has 1 aliphatic rings. The fourth-order valence-electron chi connectivity index (χ4n) is 2.77. The van der Waals surface area contributed by atoms with Crippen LogP contribution < -0.4 is 10.6 Å². The van der Waals surface area contributed by atoms with Crippen molar-refractivity contribution in [3.63, 3.8) is 0 Å². The molecule has 0 aliphatic carbocycles. The number of carbonyl (C=O) groups is 1. The molecule has 0 bridgehead atoms. The molecule has 2 N–H and O–H groups in total. The number of rotatable bonds is 6.